The summed E-state index contributed by atoms with van der Waals surface area (Å²) in [6.45, 7) is 5.78. The lowest BCUT2D eigenvalue weighted by Gasteiger charge is -1.93. The zero-order chi connectivity index (χ0) is 7.11. The first kappa shape index (κ1) is 8.96. The molecule has 0 saturated heterocycles. The molecular formula is C8H13Br. The second-order valence-corrected chi connectivity index (χ2v) is 2.81. The van der Waals surface area contributed by atoms with Crippen molar-refractivity contribution in [1.82, 2.24) is 0 Å². The van der Waals surface area contributed by atoms with Gasteiger partial charge in [-0.3, -0.25) is 0 Å². The summed E-state index contributed by atoms with van der Waals surface area (Å²) in [5, 5.41) is 1.06. The Hall–Kier alpha value is -0.0400. The third-order valence-corrected chi connectivity index (χ3v) is 1.52. The molecule has 0 aliphatic carbocycles. The molecule has 0 nitrogen and oxygen atoms in total. The Labute approximate surface area is 65.8 Å². The first-order valence-corrected chi connectivity index (χ1v) is 4.26. The van der Waals surface area contributed by atoms with Crippen molar-refractivity contribution in [2.75, 3.05) is 5.33 Å². The SMILES string of the molecule is C=CC/C=C(\C)CCBr. The van der Waals surface area contributed by atoms with Gasteiger partial charge in [-0.15, -0.1) is 6.58 Å². The number of halogens is 1. The molecule has 1 heteroatoms. The molecule has 0 aliphatic rings. The number of hydrogen-bond acceptors (Lipinski definition) is 0. The summed E-state index contributed by atoms with van der Waals surface area (Å²) in [6, 6.07) is 0. The van der Waals surface area contributed by atoms with Gasteiger partial charge in [0.2, 0.25) is 0 Å². The number of hydrogen-bond donors (Lipinski definition) is 0. The maximum absolute atomic E-state index is 3.64. The summed E-state index contributed by atoms with van der Waals surface area (Å²) in [4.78, 5) is 0. The fourth-order valence-electron chi connectivity index (χ4n) is 0.536. The van der Waals surface area contributed by atoms with E-state index in [9.17, 15) is 0 Å². The molecule has 0 aliphatic heterocycles. The quantitative estimate of drug-likeness (QED) is 0.470. The lowest BCUT2D eigenvalue weighted by atomic mass is 10.2. The van der Waals surface area contributed by atoms with Crippen LogP contribution in [-0.2, 0) is 0 Å². The third-order valence-electron chi connectivity index (χ3n) is 1.12. The number of allylic oxidation sites excluding steroid dienone is 3. The summed E-state index contributed by atoms with van der Waals surface area (Å²) in [6.07, 6.45) is 6.26. The van der Waals surface area contributed by atoms with Crippen molar-refractivity contribution in [3.63, 3.8) is 0 Å². The van der Waals surface area contributed by atoms with E-state index in [1.54, 1.807) is 0 Å². The van der Waals surface area contributed by atoms with Crippen molar-refractivity contribution >= 4 is 15.9 Å². The van der Waals surface area contributed by atoms with E-state index >= 15 is 0 Å². The third kappa shape index (κ3) is 5.84. The lowest BCUT2D eigenvalue weighted by Crippen LogP contribution is -1.76. The fraction of sp³-hybridized carbons (Fsp3) is 0.500. The average molecular weight is 189 g/mol. The van der Waals surface area contributed by atoms with Crippen LogP contribution in [0, 0.1) is 0 Å². The molecule has 0 radical (unpaired) electrons. The van der Waals surface area contributed by atoms with E-state index in [2.05, 4.69) is 35.5 Å². The van der Waals surface area contributed by atoms with E-state index in [1.807, 2.05) is 6.08 Å². The van der Waals surface area contributed by atoms with Crippen LogP contribution in [0.1, 0.15) is 19.8 Å². The molecule has 0 atom stereocenters. The predicted octanol–water partition coefficient (Wildman–Crippen LogP) is 3.29. The highest BCUT2D eigenvalue weighted by Crippen LogP contribution is 2.03. The average Bonchev–Trinajstić information content (AvgIpc) is 1.85. The highest BCUT2D eigenvalue weighted by atomic mass is 79.9. The van der Waals surface area contributed by atoms with Crippen LogP contribution < -0.4 is 0 Å². The second kappa shape index (κ2) is 6.09. The van der Waals surface area contributed by atoms with Crippen LogP contribution in [0.25, 0.3) is 0 Å². The normalized spacial score (nSPS) is 11.6. The zero-order valence-electron chi connectivity index (χ0n) is 5.86. The standard InChI is InChI=1S/C8H13Br/c1-3-4-5-8(2)6-7-9/h3,5H,1,4,6-7H2,2H3/b8-5+. The first-order chi connectivity index (χ1) is 4.31. The molecule has 0 unspecified atom stereocenters. The Kier molecular flexibility index (Phi) is 6.06. The Morgan fingerprint density at radius 2 is 2.33 bits per heavy atom. The van der Waals surface area contributed by atoms with Gasteiger partial charge in [0.1, 0.15) is 0 Å². The Balaban J connectivity index is 3.42. The molecule has 0 aromatic carbocycles. The van der Waals surface area contributed by atoms with Crippen LogP contribution in [-0.4, -0.2) is 5.33 Å². The molecule has 0 heterocycles. The molecule has 0 rings (SSSR count). The van der Waals surface area contributed by atoms with Crippen LogP contribution in [0.2, 0.25) is 0 Å². The highest BCUT2D eigenvalue weighted by molar-refractivity contribution is 9.09. The summed E-state index contributed by atoms with van der Waals surface area (Å²) < 4.78 is 0. The lowest BCUT2D eigenvalue weighted by molar-refractivity contribution is 1.10. The van der Waals surface area contributed by atoms with E-state index in [0.717, 1.165) is 18.2 Å². The molecule has 0 aromatic rings. The second-order valence-electron chi connectivity index (χ2n) is 2.01. The van der Waals surface area contributed by atoms with E-state index in [4.69, 9.17) is 0 Å². The molecule has 0 N–H and O–H groups in total. The first-order valence-electron chi connectivity index (χ1n) is 3.13. The van der Waals surface area contributed by atoms with E-state index in [-0.39, 0.29) is 0 Å². The summed E-state index contributed by atoms with van der Waals surface area (Å²) in [7, 11) is 0. The summed E-state index contributed by atoms with van der Waals surface area (Å²) in [5.74, 6) is 0. The zero-order valence-corrected chi connectivity index (χ0v) is 7.45. The van der Waals surface area contributed by atoms with Gasteiger partial charge in [0.25, 0.3) is 0 Å². The Morgan fingerprint density at radius 1 is 1.67 bits per heavy atom. The van der Waals surface area contributed by atoms with Crippen LogP contribution in [0.15, 0.2) is 24.3 Å². The van der Waals surface area contributed by atoms with Crippen molar-refractivity contribution in [3.8, 4) is 0 Å². The van der Waals surface area contributed by atoms with Crippen molar-refractivity contribution < 1.29 is 0 Å². The van der Waals surface area contributed by atoms with Gasteiger partial charge >= 0.3 is 0 Å². The molecule has 0 spiro atoms. The molecule has 0 bridgehead atoms. The van der Waals surface area contributed by atoms with Crippen molar-refractivity contribution in [2.24, 2.45) is 0 Å². The van der Waals surface area contributed by atoms with Crippen LogP contribution in [0.3, 0.4) is 0 Å². The largest absolute Gasteiger partial charge is 0.103 e. The fourth-order valence-corrected chi connectivity index (χ4v) is 1.16. The number of rotatable bonds is 4. The van der Waals surface area contributed by atoms with Crippen LogP contribution in [0.5, 0.6) is 0 Å². The molecule has 9 heavy (non-hydrogen) atoms. The highest BCUT2D eigenvalue weighted by Gasteiger charge is 1.83. The molecule has 52 valence electrons. The van der Waals surface area contributed by atoms with E-state index in [0.29, 0.717) is 0 Å². The number of alkyl halides is 1. The van der Waals surface area contributed by atoms with Gasteiger partial charge in [-0.1, -0.05) is 33.7 Å². The minimum absolute atomic E-state index is 0.999. The molecule has 0 aromatic heterocycles. The maximum atomic E-state index is 3.64. The monoisotopic (exact) mass is 188 g/mol. The minimum Gasteiger partial charge on any atom is -0.103 e. The molecular weight excluding hydrogens is 176 g/mol. The topological polar surface area (TPSA) is 0 Å². The Bertz CT molecular complexity index is 103. The maximum Gasteiger partial charge on any atom is 0.00684 e. The van der Waals surface area contributed by atoms with Crippen molar-refractivity contribution in [2.45, 2.75) is 19.8 Å². The van der Waals surface area contributed by atoms with Crippen LogP contribution in [0.4, 0.5) is 0 Å². The summed E-state index contributed by atoms with van der Waals surface area (Å²) >= 11 is 3.38. The van der Waals surface area contributed by atoms with Gasteiger partial charge in [-0.05, 0) is 19.8 Å². The van der Waals surface area contributed by atoms with E-state index < -0.39 is 0 Å². The van der Waals surface area contributed by atoms with Gasteiger partial charge in [-0.25, -0.2) is 0 Å². The van der Waals surface area contributed by atoms with E-state index in [1.165, 1.54) is 5.57 Å². The van der Waals surface area contributed by atoms with Crippen molar-refractivity contribution in [1.29, 1.82) is 0 Å². The summed E-state index contributed by atoms with van der Waals surface area (Å²) in [5.41, 5.74) is 1.44. The van der Waals surface area contributed by atoms with Gasteiger partial charge in [0, 0.05) is 5.33 Å². The smallest absolute Gasteiger partial charge is 0.00684 e. The van der Waals surface area contributed by atoms with Crippen molar-refractivity contribution in [3.05, 3.63) is 24.3 Å². The van der Waals surface area contributed by atoms with Gasteiger partial charge in [-0.2, -0.15) is 0 Å². The van der Waals surface area contributed by atoms with Gasteiger partial charge in [0.05, 0.1) is 0 Å². The van der Waals surface area contributed by atoms with Crippen LogP contribution >= 0.6 is 15.9 Å². The van der Waals surface area contributed by atoms with Gasteiger partial charge < -0.3 is 0 Å². The predicted molar refractivity (Wildman–Crippen MR) is 47.0 cm³/mol. The molecule has 0 amide bonds. The molecule has 0 saturated carbocycles. The van der Waals surface area contributed by atoms with Gasteiger partial charge in [0.15, 0.2) is 0 Å². The minimum atomic E-state index is 0.999. The molecule has 0 fully saturated rings. The Morgan fingerprint density at radius 3 is 2.78 bits per heavy atom.